The summed E-state index contributed by atoms with van der Waals surface area (Å²) in [6.07, 6.45) is 6.66. The number of nitrogens with one attached hydrogen (secondary N) is 2. The number of urea groups is 1. The zero-order chi connectivity index (χ0) is 22.6. The van der Waals surface area contributed by atoms with Gasteiger partial charge in [0.05, 0.1) is 25.5 Å². The monoisotopic (exact) mass is 442 g/mol. The highest BCUT2D eigenvalue weighted by molar-refractivity contribution is 5.92. The number of likely N-dealkylation sites (tertiary alicyclic amines) is 1. The Balaban J connectivity index is 1.28. The first-order chi connectivity index (χ1) is 15.4. The summed E-state index contributed by atoms with van der Waals surface area (Å²) in [5, 5.41) is 24.8. The van der Waals surface area contributed by atoms with E-state index in [9.17, 15) is 14.7 Å². The van der Waals surface area contributed by atoms with Gasteiger partial charge in [-0.15, -0.1) is 5.10 Å². The van der Waals surface area contributed by atoms with Crippen LogP contribution in [0, 0.1) is 0 Å². The molecule has 1 aromatic heterocycles. The van der Waals surface area contributed by atoms with Crippen molar-refractivity contribution in [2.24, 2.45) is 0 Å². The summed E-state index contributed by atoms with van der Waals surface area (Å²) in [6, 6.07) is 7.17. The minimum Gasteiger partial charge on any atom is -0.497 e. The Morgan fingerprint density at radius 2 is 2.00 bits per heavy atom. The normalized spacial score (nSPS) is 18.4. The molecule has 0 unspecified atom stereocenters. The van der Waals surface area contributed by atoms with Gasteiger partial charge >= 0.3 is 6.03 Å². The molecule has 10 heteroatoms. The summed E-state index contributed by atoms with van der Waals surface area (Å²) in [5.41, 5.74) is -0.101. The zero-order valence-corrected chi connectivity index (χ0v) is 18.3. The van der Waals surface area contributed by atoms with Gasteiger partial charge in [0.1, 0.15) is 5.75 Å². The molecule has 2 aromatic rings. The fourth-order valence-electron chi connectivity index (χ4n) is 4.30. The molecular weight excluding hydrogens is 412 g/mol. The van der Waals surface area contributed by atoms with Crippen LogP contribution in [-0.4, -0.2) is 68.8 Å². The highest BCUT2D eigenvalue weighted by atomic mass is 16.5. The molecule has 172 valence electrons. The first kappa shape index (κ1) is 22.1. The van der Waals surface area contributed by atoms with Gasteiger partial charge in [-0.25, -0.2) is 9.48 Å². The molecule has 0 atom stereocenters. The molecule has 0 bridgehead atoms. The second-order valence-corrected chi connectivity index (χ2v) is 8.63. The molecule has 1 aromatic carbocycles. The summed E-state index contributed by atoms with van der Waals surface area (Å²) in [7, 11) is 1.58. The average Bonchev–Trinajstić information content (AvgIpc) is 3.46. The van der Waals surface area contributed by atoms with E-state index in [-0.39, 0.29) is 30.2 Å². The molecule has 3 amide bonds. The summed E-state index contributed by atoms with van der Waals surface area (Å²) in [5.74, 6) is 0.444. The maximum Gasteiger partial charge on any atom is 0.321 e. The third-order valence-electron chi connectivity index (χ3n) is 6.22. The number of ether oxygens (including phenoxy) is 1. The number of anilines is 1. The third-order valence-corrected chi connectivity index (χ3v) is 6.22. The summed E-state index contributed by atoms with van der Waals surface area (Å²) < 4.78 is 6.69. The molecule has 0 spiro atoms. The van der Waals surface area contributed by atoms with Crippen LogP contribution in [0.25, 0.3) is 0 Å². The Kier molecular flexibility index (Phi) is 6.59. The Morgan fingerprint density at radius 1 is 1.25 bits per heavy atom. The number of carbonyl (C=O) groups is 2. The van der Waals surface area contributed by atoms with Crippen LogP contribution in [-0.2, 0) is 6.54 Å². The molecule has 1 saturated heterocycles. The standard InChI is InChI=1S/C22H30N6O4/c1-32-18-8-4-7-17(13-18)24-21(30)27-11-9-22(31,10-12-27)15-28-14-19(25-26-28)20(29)23-16-5-2-3-6-16/h4,7-8,13-14,16,31H,2-3,5-6,9-12,15H2,1H3,(H,23,29)(H,24,30). The predicted molar refractivity (Wildman–Crippen MR) is 118 cm³/mol. The fraction of sp³-hybridized carbons (Fsp3) is 0.545. The lowest BCUT2D eigenvalue weighted by Crippen LogP contribution is -2.49. The van der Waals surface area contributed by atoms with Gasteiger partial charge in [0.25, 0.3) is 5.91 Å². The molecular formula is C22H30N6O4. The summed E-state index contributed by atoms with van der Waals surface area (Å²) in [4.78, 5) is 26.6. The minimum atomic E-state index is -1.01. The molecule has 32 heavy (non-hydrogen) atoms. The number of aromatic nitrogens is 3. The molecule has 1 saturated carbocycles. The van der Waals surface area contributed by atoms with E-state index in [1.165, 1.54) is 4.68 Å². The fourth-order valence-corrected chi connectivity index (χ4v) is 4.30. The van der Waals surface area contributed by atoms with Crippen LogP contribution in [0.5, 0.6) is 5.75 Å². The molecule has 3 N–H and O–H groups in total. The lowest BCUT2D eigenvalue weighted by Gasteiger charge is -2.37. The van der Waals surface area contributed by atoms with Crippen LogP contribution in [0.15, 0.2) is 30.5 Å². The van der Waals surface area contributed by atoms with Crippen LogP contribution >= 0.6 is 0 Å². The van der Waals surface area contributed by atoms with E-state index in [4.69, 9.17) is 4.74 Å². The van der Waals surface area contributed by atoms with Gasteiger partial charge in [0, 0.05) is 30.9 Å². The lowest BCUT2D eigenvalue weighted by atomic mass is 9.91. The van der Waals surface area contributed by atoms with Crippen molar-refractivity contribution < 1.29 is 19.4 Å². The summed E-state index contributed by atoms with van der Waals surface area (Å²) in [6.45, 7) is 1.05. The SMILES string of the molecule is COc1cccc(NC(=O)N2CCC(O)(Cn3cc(C(=O)NC4CCCC4)nn3)CC2)c1. The van der Waals surface area contributed by atoms with Gasteiger partial charge in [0.2, 0.25) is 0 Å². The van der Waals surface area contributed by atoms with Crippen molar-refractivity contribution in [1.82, 2.24) is 25.2 Å². The molecule has 1 aliphatic carbocycles. The lowest BCUT2D eigenvalue weighted by molar-refractivity contribution is -0.0276. The van der Waals surface area contributed by atoms with E-state index in [2.05, 4.69) is 20.9 Å². The number of methoxy groups -OCH3 is 1. The van der Waals surface area contributed by atoms with Gasteiger partial charge in [-0.2, -0.15) is 0 Å². The number of rotatable bonds is 6. The minimum absolute atomic E-state index is 0.212. The number of amides is 3. The number of hydrogen-bond acceptors (Lipinski definition) is 6. The molecule has 0 radical (unpaired) electrons. The molecule has 4 rings (SSSR count). The number of hydrogen-bond donors (Lipinski definition) is 3. The van der Waals surface area contributed by atoms with Crippen LogP contribution in [0.3, 0.4) is 0 Å². The second kappa shape index (κ2) is 9.56. The van der Waals surface area contributed by atoms with Crippen molar-refractivity contribution in [2.75, 3.05) is 25.5 Å². The average molecular weight is 443 g/mol. The van der Waals surface area contributed by atoms with Crippen molar-refractivity contribution in [3.63, 3.8) is 0 Å². The molecule has 1 aliphatic heterocycles. The van der Waals surface area contributed by atoms with E-state index in [1.54, 1.807) is 30.3 Å². The Bertz CT molecular complexity index is 947. The van der Waals surface area contributed by atoms with Crippen molar-refractivity contribution in [3.8, 4) is 5.75 Å². The van der Waals surface area contributed by atoms with Crippen LogP contribution in [0.4, 0.5) is 10.5 Å². The van der Waals surface area contributed by atoms with Crippen LogP contribution in [0.1, 0.15) is 49.0 Å². The van der Waals surface area contributed by atoms with E-state index in [0.717, 1.165) is 25.7 Å². The van der Waals surface area contributed by atoms with E-state index < -0.39 is 5.60 Å². The zero-order valence-electron chi connectivity index (χ0n) is 18.3. The van der Waals surface area contributed by atoms with Crippen molar-refractivity contribution >= 4 is 17.6 Å². The molecule has 10 nitrogen and oxygen atoms in total. The van der Waals surface area contributed by atoms with E-state index in [1.807, 2.05) is 12.1 Å². The van der Waals surface area contributed by atoms with Crippen LogP contribution < -0.4 is 15.4 Å². The van der Waals surface area contributed by atoms with E-state index in [0.29, 0.717) is 37.4 Å². The highest BCUT2D eigenvalue weighted by Crippen LogP contribution is 2.25. The Labute approximate surface area is 186 Å². The van der Waals surface area contributed by atoms with Crippen LogP contribution in [0.2, 0.25) is 0 Å². The molecule has 2 aliphatic rings. The topological polar surface area (TPSA) is 122 Å². The molecule has 2 fully saturated rings. The smallest absolute Gasteiger partial charge is 0.321 e. The maximum absolute atomic E-state index is 12.6. The third kappa shape index (κ3) is 5.37. The van der Waals surface area contributed by atoms with Gasteiger partial charge in [-0.1, -0.05) is 24.1 Å². The second-order valence-electron chi connectivity index (χ2n) is 8.63. The maximum atomic E-state index is 12.6. The first-order valence-corrected chi connectivity index (χ1v) is 11.1. The predicted octanol–water partition coefficient (Wildman–Crippen LogP) is 2.02. The Morgan fingerprint density at radius 3 is 2.72 bits per heavy atom. The largest absolute Gasteiger partial charge is 0.497 e. The Hall–Kier alpha value is -3.14. The number of benzene rings is 1. The number of nitrogens with zero attached hydrogens (tertiary/aromatic N) is 4. The number of piperidine rings is 1. The summed E-state index contributed by atoms with van der Waals surface area (Å²) >= 11 is 0. The van der Waals surface area contributed by atoms with Gasteiger partial charge in [-0.3, -0.25) is 4.79 Å². The van der Waals surface area contributed by atoms with Gasteiger partial charge < -0.3 is 25.4 Å². The van der Waals surface area contributed by atoms with Gasteiger partial charge in [-0.05, 0) is 37.8 Å². The molecule has 2 heterocycles. The first-order valence-electron chi connectivity index (χ1n) is 11.1. The number of carbonyl (C=O) groups excluding carboxylic acids is 2. The van der Waals surface area contributed by atoms with E-state index >= 15 is 0 Å². The quantitative estimate of drug-likeness (QED) is 0.629. The van der Waals surface area contributed by atoms with Crippen molar-refractivity contribution in [3.05, 3.63) is 36.2 Å². The number of aliphatic hydroxyl groups is 1. The van der Waals surface area contributed by atoms with Crippen molar-refractivity contribution in [2.45, 2.75) is 56.7 Å². The van der Waals surface area contributed by atoms with Gasteiger partial charge in [0.15, 0.2) is 5.69 Å². The highest BCUT2D eigenvalue weighted by Gasteiger charge is 2.35. The van der Waals surface area contributed by atoms with Crippen molar-refractivity contribution in [1.29, 1.82) is 0 Å².